The van der Waals surface area contributed by atoms with Crippen molar-refractivity contribution in [2.45, 2.75) is 26.3 Å². The molecule has 0 radical (unpaired) electrons. The highest BCUT2D eigenvalue weighted by molar-refractivity contribution is 7.16. The average Bonchev–Trinajstić information content (AvgIpc) is 3.06. The van der Waals surface area contributed by atoms with Gasteiger partial charge in [0.05, 0.1) is 0 Å². The molecule has 0 saturated heterocycles. The lowest BCUT2D eigenvalue weighted by atomic mass is 9.98. The first-order chi connectivity index (χ1) is 11.5. The molecule has 0 aliphatic heterocycles. The smallest absolute Gasteiger partial charge is 0.244 e. The Morgan fingerprint density at radius 3 is 2.54 bits per heavy atom. The van der Waals surface area contributed by atoms with Crippen molar-refractivity contribution in [2.24, 2.45) is 11.7 Å². The zero-order valence-corrected chi connectivity index (χ0v) is 14.7. The van der Waals surface area contributed by atoms with Gasteiger partial charge in [-0.3, -0.25) is 9.59 Å². The lowest BCUT2D eigenvalue weighted by Crippen LogP contribution is -2.47. The van der Waals surface area contributed by atoms with Crippen LogP contribution in [0.4, 0.5) is 0 Å². The number of amides is 2. The van der Waals surface area contributed by atoms with Crippen LogP contribution in [-0.2, 0) is 9.59 Å². The first kappa shape index (κ1) is 17.9. The van der Waals surface area contributed by atoms with Crippen LogP contribution in [0.15, 0.2) is 48.5 Å². The number of rotatable bonds is 7. The fraction of sp³-hybridized carbons (Fsp3) is 0.263. The fourth-order valence-electron chi connectivity index (χ4n) is 2.29. The molecule has 0 spiro atoms. The molecule has 2 rings (SSSR count). The molecule has 1 aromatic heterocycles. The van der Waals surface area contributed by atoms with Gasteiger partial charge in [0.15, 0.2) is 0 Å². The normalized spacial score (nSPS) is 13.6. The van der Waals surface area contributed by atoms with Gasteiger partial charge in [0, 0.05) is 15.8 Å². The maximum absolute atomic E-state index is 12.0. The molecule has 0 saturated carbocycles. The molecule has 2 amide bonds. The van der Waals surface area contributed by atoms with Crippen molar-refractivity contribution in [3.63, 3.8) is 0 Å². The van der Waals surface area contributed by atoms with Gasteiger partial charge in [-0.25, -0.2) is 0 Å². The highest BCUT2D eigenvalue weighted by Gasteiger charge is 2.22. The van der Waals surface area contributed by atoms with Crippen molar-refractivity contribution in [2.75, 3.05) is 0 Å². The van der Waals surface area contributed by atoms with Gasteiger partial charge < -0.3 is 11.1 Å². The van der Waals surface area contributed by atoms with E-state index in [1.807, 2.05) is 44.2 Å². The molecular formula is C19H22N2O2S. The maximum atomic E-state index is 12.0. The number of hydrogen-bond donors (Lipinski definition) is 2. The molecule has 24 heavy (non-hydrogen) atoms. The number of hydrogen-bond acceptors (Lipinski definition) is 3. The summed E-state index contributed by atoms with van der Waals surface area (Å²) in [5, 5.41) is 2.68. The standard InChI is InChI=1S/C19H22N2O2S/c1-3-13(2)18(19(20)23)21-17(22)12-10-15-9-11-16(24-15)14-7-5-4-6-8-14/h4-13,18H,3H2,1-2H3,(H2,20,23)(H,21,22)/b12-10+. The molecule has 1 heterocycles. The van der Waals surface area contributed by atoms with E-state index in [9.17, 15) is 9.59 Å². The van der Waals surface area contributed by atoms with Crippen LogP contribution < -0.4 is 11.1 Å². The molecule has 0 fully saturated rings. The van der Waals surface area contributed by atoms with E-state index in [-0.39, 0.29) is 11.8 Å². The molecule has 0 bridgehead atoms. The predicted octanol–water partition coefficient (Wildman–Crippen LogP) is 3.44. The van der Waals surface area contributed by atoms with Crippen molar-refractivity contribution in [3.05, 3.63) is 53.4 Å². The first-order valence-electron chi connectivity index (χ1n) is 7.94. The summed E-state index contributed by atoms with van der Waals surface area (Å²) >= 11 is 1.61. The lowest BCUT2D eigenvalue weighted by Gasteiger charge is -2.20. The Bertz CT molecular complexity index is 722. The summed E-state index contributed by atoms with van der Waals surface area (Å²) < 4.78 is 0. The van der Waals surface area contributed by atoms with Crippen molar-refractivity contribution >= 4 is 29.2 Å². The highest BCUT2D eigenvalue weighted by atomic mass is 32.1. The van der Waals surface area contributed by atoms with E-state index in [2.05, 4.69) is 17.4 Å². The highest BCUT2D eigenvalue weighted by Crippen LogP contribution is 2.28. The Hall–Kier alpha value is -2.40. The summed E-state index contributed by atoms with van der Waals surface area (Å²) in [7, 11) is 0. The van der Waals surface area contributed by atoms with Crippen molar-refractivity contribution < 1.29 is 9.59 Å². The summed E-state index contributed by atoms with van der Waals surface area (Å²) in [5.74, 6) is -0.811. The van der Waals surface area contributed by atoms with Crippen LogP contribution in [0.25, 0.3) is 16.5 Å². The zero-order chi connectivity index (χ0) is 17.5. The van der Waals surface area contributed by atoms with Crippen molar-refractivity contribution in [1.82, 2.24) is 5.32 Å². The van der Waals surface area contributed by atoms with Crippen LogP contribution in [0.1, 0.15) is 25.1 Å². The Balaban J connectivity index is 2.01. The minimum Gasteiger partial charge on any atom is -0.368 e. The van der Waals surface area contributed by atoms with Gasteiger partial charge in [0.25, 0.3) is 0 Å². The Labute approximate surface area is 146 Å². The molecule has 3 N–H and O–H groups in total. The van der Waals surface area contributed by atoms with E-state index in [0.717, 1.165) is 21.7 Å². The third-order valence-corrected chi connectivity index (χ3v) is 5.00. The van der Waals surface area contributed by atoms with E-state index in [0.29, 0.717) is 0 Å². The van der Waals surface area contributed by atoms with Crippen molar-refractivity contribution in [3.8, 4) is 10.4 Å². The zero-order valence-electron chi connectivity index (χ0n) is 13.9. The van der Waals surface area contributed by atoms with E-state index in [1.54, 1.807) is 17.4 Å². The number of carbonyl (C=O) groups excluding carboxylic acids is 2. The minimum absolute atomic E-state index is 0.00581. The van der Waals surface area contributed by atoms with E-state index in [4.69, 9.17) is 5.73 Å². The summed E-state index contributed by atoms with van der Waals surface area (Å²) in [4.78, 5) is 25.6. The van der Waals surface area contributed by atoms with Crippen LogP contribution in [0, 0.1) is 5.92 Å². The van der Waals surface area contributed by atoms with E-state index >= 15 is 0 Å². The Kier molecular flexibility index (Phi) is 6.32. The molecule has 126 valence electrons. The van der Waals surface area contributed by atoms with Crippen molar-refractivity contribution in [1.29, 1.82) is 0 Å². The third kappa shape index (κ3) is 4.80. The van der Waals surface area contributed by atoms with E-state index < -0.39 is 11.9 Å². The number of carbonyl (C=O) groups is 2. The number of benzene rings is 1. The van der Waals surface area contributed by atoms with Gasteiger partial charge in [0.2, 0.25) is 11.8 Å². The molecule has 5 heteroatoms. The number of thiophene rings is 1. The summed E-state index contributed by atoms with van der Waals surface area (Å²) in [6.07, 6.45) is 3.96. The van der Waals surface area contributed by atoms with Crippen LogP contribution in [0.2, 0.25) is 0 Å². The molecular weight excluding hydrogens is 320 g/mol. The lowest BCUT2D eigenvalue weighted by molar-refractivity contribution is -0.126. The van der Waals surface area contributed by atoms with Crippen LogP contribution in [-0.4, -0.2) is 17.9 Å². The molecule has 2 aromatic rings. The Morgan fingerprint density at radius 2 is 1.92 bits per heavy atom. The van der Waals surface area contributed by atoms with Crippen LogP contribution in [0.3, 0.4) is 0 Å². The monoisotopic (exact) mass is 342 g/mol. The minimum atomic E-state index is -0.643. The van der Waals surface area contributed by atoms with Gasteiger partial charge in [-0.2, -0.15) is 0 Å². The van der Waals surface area contributed by atoms with Gasteiger partial charge in [0.1, 0.15) is 6.04 Å². The molecule has 2 unspecified atom stereocenters. The van der Waals surface area contributed by atoms with Gasteiger partial charge in [-0.1, -0.05) is 50.6 Å². The second-order valence-corrected chi connectivity index (χ2v) is 6.79. The average molecular weight is 342 g/mol. The summed E-state index contributed by atoms with van der Waals surface area (Å²) in [5.41, 5.74) is 6.51. The van der Waals surface area contributed by atoms with Crippen LogP contribution in [0.5, 0.6) is 0 Å². The topological polar surface area (TPSA) is 72.2 Å². The van der Waals surface area contributed by atoms with Gasteiger partial charge in [-0.05, 0) is 29.7 Å². The molecule has 4 nitrogen and oxygen atoms in total. The largest absolute Gasteiger partial charge is 0.368 e. The fourth-order valence-corrected chi connectivity index (χ4v) is 3.20. The molecule has 1 aromatic carbocycles. The summed E-state index contributed by atoms with van der Waals surface area (Å²) in [6, 6.07) is 13.4. The van der Waals surface area contributed by atoms with Gasteiger partial charge in [-0.15, -0.1) is 11.3 Å². The SMILES string of the molecule is CCC(C)C(NC(=O)/C=C/c1ccc(-c2ccccc2)s1)C(N)=O. The molecule has 0 aliphatic carbocycles. The van der Waals surface area contributed by atoms with Crippen LogP contribution >= 0.6 is 11.3 Å². The molecule has 2 atom stereocenters. The number of primary amides is 1. The third-order valence-electron chi connectivity index (χ3n) is 3.90. The molecule has 0 aliphatic rings. The summed E-state index contributed by atoms with van der Waals surface area (Å²) in [6.45, 7) is 3.85. The Morgan fingerprint density at radius 1 is 1.21 bits per heavy atom. The maximum Gasteiger partial charge on any atom is 0.244 e. The quantitative estimate of drug-likeness (QED) is 0.757. The second kappa shape index (κ2) is 8.45. The first-order valence-corrected chi connectivity index (χ1v) is 8.76. The predicted molar refractivity (Wildman–Crippen MR) is 99.4 cm³/mol. The second-order valence-electron chi connectivity index (χ2n) is 5.68. The number of nitrogens with two attached hydrogens (primary N) is 1. The number of nitrogens with one attached hydrogen (secondary N) is 1. The van der Waals surface area contributed by atoms with E-state index in [1.165, 1.54) is 6.08 Å². The van der Waals surface area contributed by atoms with Gasteiger partial charge >= 0.3 is 0 Å².